The zero-order chi connectivity index (χ0) is 28.0. The van der Waals surface area contributed by atoms with E-state index in [1.165, 1.54) is 146 Å². The van der Waals surface area contributed by atoms with Gasteiger partial charge in [0.25, 0.3) is 0 Å². The van der Waals surface area contributed by atoms with Crippen molar-refractivity contribution in [3.05, 3.63) is 0 Å². The van der Waals surface area contributed by atoms with E-state index in [1.807, 2.05) is 0 Å². The maximum Gasteiger partial charge on any atom is 1.00 e. The molecule has 5 nitrogen and oxygen atoms in total. The molecule has 0 aromatic heterocycles. The van der Waals surface area contributed by atoms with Gasteiger partial charge in [-0.15, -0.1) is 0 Å². The minimum Gasteiger partial charge on any atom is -0.550 e. The van der Waals surface area contributed by atoms with Gasteiger partial charge in [-0.2, -0.15) is 0 Å². The second-order valence-corrected chi connectivity index (χ2v) is 11.7. The first-order valence-corrected chi connectivity index (χ1v) is 16.0. The van der Waals surface area contributed by atoms with Crippen molar-refractivity contribution < 1.29 is 75.7 Å². The molecule has 0 aliphatic heterocycles. The molecule has 222 valence electrons. The Bertz CT molecular complexity index is 458. The molecule has 0 heterocycles. The van der Waals surface area contributed by atoms with Crippen molar-refractivity contribution in [1.29, 1.82) is 0 Å². The molecule has 0 rings (SSSR count). The van der Waals surface area contributed by atoms with Crippen LogP contribution in [0.2, 0.25) is 0 Å². The normalized spacial score (nSPS) is 10.9. The topological polar surface area (TPSA) is 80.3 Å². The van der Waals surface area contributed by atoms with E-state index in [0.717, 1.165) is 0 Å². The Hall–Kier alpha value is 0.536. The van der Waals surface area contributed by atoms with Crippen LogP contribution in [0.1, 0.15) is 168 Å². The Kier molecular flexibility index (Phi) is 38.2. The van der Waals surface area contributed by atoms with Crippen molar-refractivity contribution in [3.63, 3.8) is 0 Å². The van der Waals surface area contributed by atoms with Crippen LogP contribution >= 0.6 is 0 Å². The van der Waals surface area contributed by atoms with E-state index in [0.29, 0.717) is 12.8 Å². The summed E-state index contributed by atoms with van der Waals surface area (Å²) in [4.78, 5) is 19.5. The molecule has 0 N–H and O–H groups in total. The third-order valence-corrected chi connectivity index (χ3v) is 7.25. The first-order valence-electron chi connectivity index (χ1n) is 16.0. The van der Waals surface area contributed by atoms with Crippen LogP contribution in [0.15, 0.2) is 0 Å². The molecule has 0 saturated heterocycles. The Morgan fingerprint density at radius 1 is 0.447 bits per heavy atom. The quantitative estimate of drug-likeness (QED) is 0.0858. The predicted molar refractivity (Wildman–Crippen MR) is 154 cm³/mol. The van der Waals surface area contributed by atoms with Gasteiger partial charge in [-0.05, 0) is 51.4 Å². The number of carbonyl (C=O) groups is 2. The summed E-state index contributed by atoms with van der Waals surface area (Å²) in [5.74, 6) is -2.28. The molecule has 38 heavy (non-hydrogen) atoms. The van der Waals surface area contributed by atoms with Gasteiger partial charge >= 0.3 is 51.4 Å². The number of aliphatic carboxylic acids is 2. The Morgan fingerprint density at radius 3 is 0.921 bits per heavy atom. The van der Waals surface area contributed by atoms with Gasteiger partial charge in [-0.1, -0.05) is 117 Å². The summed E-state index contributed by atoms with van der Waals surface area (Å²) >= 11 is 0. The summed E-state index contributed by atoms with van der Waals surface area (Å²) in [6.07, 6.45) is 29.5. The molecular weight excluding hydrogens is 501 g/mol. The number of unbranched alkanes of at least 4 members (excludes halogenated alkanes) is 19. The van der Waals surface area contributed by atoms with E-state index in [1.54, 1.807) is 0 Å². The van der Waals surface area contributed by atoms with Gasteiger partial charge in [0, 0.05) is 11.9 Å². The summed E-state index contributed by atoms with van der Waals surface area (Å²) in [5.41, 5.74) is 0. The summed E-state index contributed by atoms with van der Waals surface area (Å²) in [5, 5.41) is 19.5. The summed E-state index contributed by atoms with van der Waals surface area (Å²) < 4.78 is 1.24. The summed E-state index contributed by atoms with van der Waals surface area (Å²) in [6.45, 7) is 7.37. The van der Waals surface area contributed by atoms with Crippen LogP contribution in [0.25, 0.3) is 0 Å². The number of hydrogen-bond acceptors (Lipinski definition) is 4. The molecule has 0 atom stereocenters. The summed E-state index contributed by atoms with van der Waals surface area (Å²) in [6, 6.07) is 0. The molecular formula is C32H64KNO4. The van der Waals surface area contributed by atoms with Crippen LogP contribution in [0.3, 0.4) is 0 Å². The van der Waals surface area contributed by atoms with Crippen molar-refractivity contribution in [3.8, 4) is 0 Å². The maximum atomic E-state index is 9.77. The van der Waals surface area contributed by atoms with Crippen molar-refractivity contribution >= 4 is 11.9 Å². The fourth-order valence-corrected chi connectivity index (χ4v) is 4.71. The van der Waals surface area contributed by atoms with E-state index >= 15 is 0 Å². The fraction of sp³-hybridized carbons (Fsp3) is 0.938. The average Bonchev–Trinajstić information content (AvgIpc) is 2.84. The smallest absolute Gasteiger partial charge is 0.550 e. The number of carboxylic acid groups (broad SMARTS) is 2. The minimum absolute atomic E-state index is 0. The van der Waals surface area contributed by atoms with Crippen LogP contribution in [0, 0.1) is 0 Å². The van der Waals surface area contributed by atoms with Gasteiger partial charge in [-0.3, -0.25) is 0 Å². The molecule has 0 unspecified atom stereocenters. The Morgan fingerprint density at radius 2 is 0.684 bits per heavy atom. The van der Waals surface area contributed by atoms with Crippen molar-refractivity contribution in [2.45, 2.75) is 168 Å². The third kappa shape index (κ3) is 41.0. The predicted octanol–water partition coefficient (Wildman–Crippen LogP) is 3.96. The maximum absolute atomic E-state index is 9.77. The van der Waals surface area contributed by atoms with Crippen LogP contribution in [0.5, 0.6) is 0 Å². The molecule has 0 aliphatic carbocycles. The molecule has 0 aromatic carbocycles. The number of quaternary nitrogens is 1. The second kappa shape index (κ2) is 33.7. The Labute approximate surface area is 280 Å². The van der Waals surface area contributed by atoms with E-state index in [9.17, 15) is 19.8 Å². The largest absolute Gasteiger partial charge is 1.00 e. The number of carboxylic acids is 2. The SMILES string of the molecule is CCCCCCCCCCCC[N+](C)(C)CCCCCCCCCCCC.O=C([O-])CCCCC(=O)[O-].[K+]. The average molecular weight is 566 g/mol. The van der Waals surface area contributed by atoms with E-state index in [2.05, 4.69) is 27.9 Å². The molecule has 0 aliphatic rings. The van der Waals surface area contributed by atoms with Gasteiger partial charge in [0.15, 0.2) is 0 Å². The third-order valence-electron chi connectivity index (χ3n) is 7.25. The van der Waals surface area contributed by atoms with Gasteiger partial charge in [0.1, 0.15) is 0 Å². The van der Waals surface area contributed by atoms with E-state index in [4.69, 9.17) is 0 Å². The molecule has 0 amide bonds. The molecule has 6 heteroatoms. The molecule has 0 spiro atoms. The van der Waals surface area contributed by atoms with Crippen LogP contribution in [-0.4, -0.2) is 43.6 Å². The van der Waals surface area contributed by atoms with Crippen molar-refractivity contribution in [2.75, 3.05) is 27.2 Å². The van der Waals surface area contributed by atoms with Crippen LogP contribution < -0.4 is 61.6 Å². The zero-order valence-corrected chi connectivity index (χ0v) is 29.6. The first-order chi connectivity index (χ1) is 17.7. The van der Waals surface area contributed by atoms with E-state index < -0.39 is 11.9 Å². The standard InChI is InChI=1S/C26H56N.C6H10O4.K/c1-5-7-9-11-13-15-17-19-21-23-25-27(3,4)26-24-22-20-18-16-14-12-10-8-6-2;7-5(8)3-1-2-4-6(9)10;/h5-26H2,1-4H3;1-4H2,(H,7,8)(H,9,10);/q+1;;+1/p-2. The first kappa shape index (κ1) is 43.0. The van der Waals surface area contributed by atoms with Crippen LogP contribution in [0.4, 0.5) is 0 Å². The number of rotatable bonds is 27. The molecule has 0 bridgehead atoms. The molecule has 0 saturated carbocycles. The Balaban J connectivity index is -0.000000940. The van der Waals surface area contributed by atoms with Gasteiger partial charge in [0.2, 0.25) is 0 Å². The molecule has 0 fully saturated rings. The molecule has 0 aromatic rings. The van der Waals surface area contributed by atoms with Gasteiger partial charge < -0.3 is 24.3 Å². The number of hydrogen-bond donors (Lipinski definition) is 0. The number of carbonyl (C=O) groups excluding carboxylic acids is 2. The van der Waals surface area contributed by atoms with Crippen molar-refractivity contribution in [2.24, 2.45) is 0 Å². The zero-order valence-electron chi connectivity index (χ0n) is 26.5. The monoisotopic (exact) mass is 565 g/mol. The van der Waals surface area contributed by atoms with Gasteiger partial charge in [0.05, 0.1) is 27.2 Å². The number of nitrogens with zero attached hydrogens (tertiary/aromatic N) is 1. The fourth-order valence-electron chi connectivity index (χ4n) is 4.71. The second-order valence-electron chi connectivity index (χ2n) is 11.7. The van der Waals surface area contributed by atoms with Crippen LogP contribution in [-0.2, 0) is 9.59 Å². The van der Waals surface area contributed by atoms with E-state index in [-0.39, 0.29) is 64.2 Å². The van der Waals surface area contributed by atoms with Gasteiger partial charge in [-0.25, -0.2) is 0 Å². The van der Waals surface area contributed by atoms with Crippen molar-refractivity contribution in [1.82, 2.24) is 0 Å². The molecule has 0 radical (unpaired) electrons. The summed E-state index contributed by atoms with van der Waals surface area (Å²) in [7, 11) is 4.89. The minimum atomic E-state index is -1.14.